The van der Waals surface area contributed by atoms with Gasteiger partial charge in [-0.05, 0) is 24.3 Å². The van der Waals surface area contributed by atoms with Crippen LogP contribution in [0.5, 0.6) is 0 Å². The number of pyridine rings is 1. The summed E-state index contributed by atoms with van der Waals surface area (Å²) in [6, 6.07) is 19.1. The van der Waals surface area contributed by atoms with Crippen LogP contribution in [-0.4, -0.2) is 57.3 Å². The monoisotopic (exact) mass is 412 g/mol. The van der Waals surface area contributed by atoms with E-state index in [9.17, 15) is 4.79 Å². The van der Waals surface area contributed by atoms with Crippen LogP contribution in [0.2, 0.25) is 0 Å². The molecule has 1 saturated heterocycles. The lowest BCUT2D eigenvalue weighted by Crippen LogP contribution is -2.49. The Hall–Kier alpha value is -4.07. The molecule has 3 aromatic heterocycles. The fourth-order valence-electron chi connectivity index (χ4n) is 3.59. The fourth-order valence-corrected chi connectivity index (χ4v) is 3.59. The summed E-state index contributed by atoms with van der Waals surface area (Å²) in [7, 11) is 0. The molecule has 1 amide bonds. The number of anilines is 1. The van der Waals surface area contributed by atoms with Crippen molar-refractivity contribution >= 4 is 11.7 Å². The van der Waals surface area contributed by atoms with Gasteiger partial charge in [-0.2, -0.15) is 0 Å². The van der Waals surface area contributed by atoms with Gasteiger partial charge >= 0.3 is 0 Å². The number of benzene rings is 1. The van der Waals surface area contributed by atoms with E-state index in [2.05, 4.69) is 25.2 Å². The van der Waals surface area contributed by atoms with Gasteiger partial charge in [-0.15, -0.1) is 10.2 Å². The Morgan fingerprint density at radius 1 is 0.839 bits per heavy atom. The van der Waals surface area contributed by atoms with E-state index in [1.165, 1.54) is 0 Å². The number of piperazine rings is 1. The summed E-state index contributed by atoms with van der Waals surface area (Å²) in [5, 5.41) is 12.7. The Labute approximate surface area is 179 Å². The van der Waals surface area contributed by atoms with E-state index in [0.717, 1.165) is 22.6 Å². The van der Waals surface area contributed by atoms with E-state index < -0.39 is 0 Å². The second-order valence-corrected chi connectivity index (χ2v) is 7.23. The second kappa shape index (κ2) is 8.35. The first-order valence-corrected chi connectivity index (χ1v) is 10.1. The Kier molecular flexibility index (Phi) is 5.10. The van der Waals surface area contributed by atoms with Gasteiger partial charge in [0.2, 0.25) is 0 Å². The minimum Gasteiger partial charge on any atom is -0.355 e. The van der Waals surface area contributed by atoms with Crippen LogP contribution in [0.3, 0.4) is 0 Å². The van der Waals surface area contributed by atoms with Crippen molar-refractivity contribution in [3.05, 3.63) is 78.8 Å². The van der Waals surface area contributed by atoms with Gasteiger partial charge < -0.3 is 14.3 Å². The molecule has 0 unspecified atom stereocenters. The summed E-state index contributed by atoms with van der Waals surface area (Å²) >= 11 is 0. The average Bonchev–Trinajstić information content (AvgIpc) is 3.35. The molecule has 0 radical (unpaired) electrons. The second-order valence-electron chi connectivity index (χ2n) is 7.23. The molecule has 1 aliphatic rings. The van der Waals surface area contributed by atoms with Gasteiger partial charge in [0.1, 0.15) is 0 Å². The van der Waals surface area contributed by atoms with Gasteiger partial charge in [-0.3, -0.25) is 9.78 Å². The van der Waals surface area contributed by atoms with Crippen molar-refractivity contribution < 1.29 is 9.32 Å². The molecule has 0 aliphatic carbocycles. The van der Waals surface area contributed by atoms with Crippen molar-refractivity contribution in [2.75, 3.05) is 31.1 Å². The summed E-state index contributed by atoms with van der Waals surface area (Å²) < 4.78 is 5.37. The molecule has 4 aromatic rings. The summed E-state index contributed by atoms with van der Waals surface area (Å²) in [6.07, 6.45) is 3.47. The van der Waals surface area contributed by atoms with Crippen LogP contribution in [-0.2, 0) is 0 Å². The number of nitrogens with zero attached hydrogens (tertiary/aromatic N) is 6. The van der Waals surface area contributed by atoms with E-state index in [1.54, 1.807) is 23.4 Å². The first-order chi connectivity index (χ1) is 15.3. The predicted molar refractivity (Wildman–Crippen MR) is 115 cm³/mol. The molecule has 4 heterocycles. The molecule has 0 bridgehead atoms. The molecular weight excluding hydrogens is 392 g/mol. The van der Waals surface area contributed by atoms with Crippen molar-refractivity contribution in [3.63, 3.8) is 0 Å². The zero-order valence-corrected chi connectivity index (χ0v) is 16.8. The fraction of sp³-hybridized carbons (Fsp3) is 0.174. The molecule has 0 spiro atoms. The van der Waals surface area contributed by atoms with Crippen LogP contribution < -0.4 is 4.90 Å². The molecule has 1 fully saturated rings. The zero-order valence-electron chi connectivity index (χ0n) is 16.8. The minimum absolute atomic E-state index is 0.121. The third-order valence-electron chi connectivity index (χ3n) is 5.31. The summed E-state index contributed by atoms with van der Waals surface area (Å²) in [4.78, 5) is 20.8. The molecule has 31 heavy (non-hydrogen) atoms. The minimum atomic E-state index is -0.121. The first kappa shape index (κ1) is 18.9. The third-order valence-corrected chi connectivity index (χ3v) is 5.31. The maximum Gasteiger partial charge on any atom is 0.276 e. The summed E-state index contributed by atoms with van der Waals surface area (Å²) in [5.41, 5.74) is 3.01. The van der Waals surface area contributed by atoms with Gasteiger partial charge in [0.15, 0.2) is 17.3 Å². The highest BCUT2D eigenvalue weighted by Gasteiger charge is 2.25. The van der Waals surface area contributed by atoms with Crippen LogP contribution in [0.1, 0.15) is 10.5 Å². The molecule has 1 aliphatic heterocycles. The number of carbonyl (C=O) groups is 1. The maximum atomic E-state index is 12.8. The van der Waals surface area contributed by atoms with Crippen LogP contribution in [0, 0.1) is 0 Å². The van der Waals surface area contributed by atoms with Gasteiger partial charge in [0.05, 0.1) is 5.69 Å². The standard InChI is InChI=1S/C23H20N6O2/c30-23(20-16-21(31-27-20)18-4-2-1-3-5-18)29-14-12-28(13-15-29)22-7-6-19(25-26-22)17-8-10-24-11-9-17/h1-11,16H,12-15H2. The van der Waals surface area contributed by atoms with Gasteiger partial charge in [0.25, 0.3) is 5.91 Å². The van der Waals surface area contributed by atoms with Crippen LogP contribution >= 0.6 is 0 Å². The van der Waals surface area contributed by atoms with Crippen molar-refractivity contribution in [3.8, 4) is 22.6 Å². The first-order valence-electron chi connectivity index (χ1n) is 10.1. The van der Waals surface area contributed by atoms with E-state index >= 15 is 0 Å². The van der Waals surface area contributed by atoms with E-state index in [1.807, 2.05) is 54.6 Å². The number of rotatable bonds is 4. The van der Waals surface area contributed by atoms with Gasteiger partial charge in [-0.25, -0.2) is 0 Å². The summed E-state index contributed by atoms with van der Waals surface area (Å²) in [5.74, 6) is 1.27. The highest BCUT2D eigenvalue weighted by molar-refractivity contribution is 5.93. The lowest BCUT2D eigenvalue weighted by Gasteiger charge is -2.34. The van der Waals surface area contributed by atoms with Gasteiger partial charge in [0, 0.05) is 55.8 Å². The average molecular weight is 412 g/mol. The van der Waals surface area contributed by atoms with Crippen LogP contribution in [0.4, 0.5) is 5.82 Å². The molecule has 0 N–H and O–H groups in total. The topological polar surface area (TPSA) is 88.3 Å². The molecular formula is C23H20N6O2. The molecule has 5 rings (SSSR count). The molecule has 0 saturated carbocycles. The van der Waals surface area contributed by atoms with Crippen molar-refractivity contribution in [1.29, 1.82) is 0 Å². The molecule has 0 atom stereocenters. The Bertz CT molecular complexity index is 1150. The molecule has 154 valence electrons. The normalized spacial score (nSPS) is 13.9. The highest BCUT2D eigenvalue weighted by Crippen LogP contribution is 2.22. The molecule has 8 heteroatoms. The zero-order chi connectivity index (χ0) is 21.0. The van der Waals surface area contributed by atoms with Crippen molar-refractivity contribution in [2.45, 2.75) is 0 Å². The SMILES string of the molecule is O=C(c1cc(-c2ccccc2)on1)N1CCN(c2ccc(-c3ccncc3)nn2)CC1. The lowest BCUT2D eigenvalue weighted by molar-refractivity contribution is 0.0736. The number of hydrogen-bond acceptors (Lipinski definition) is 7. The van der Waals surface area contributed by atoms with E-state index in [0.29, 0.717) is 37.6 Å². The maximum absolute atomic E-state index is 12.8. The van der Waals surface area contributed by atoms with E-state index in [-0.39, 0.29) is 5.91 Å². The largest absolute Gasteiger partial charge is 0.355 e. The highest BCUT2D eigenvalue weighted by atomic mass is 16.5. The van der Waals surface area contributed by atoms with Crippen LogP contribution in [0.15, 0.2) is 77.6 Å². The van der Waals surface area contributed by atoms with E-state index in [4.69, 9.17) is 4.52 Å². The Morgan fingerprint density at radius 3 is 2.32 bits per heavy atom. The van der Waals surface area contributed by atoms with Crippen molar-refractivity contribution in [2.24, 2.45) is 0 Å². The van der Waals surface area contributed by atoms with Crippen LogP contribution in [0.25, 0.3) is 22.6 Å². The van der Waals surface area contributed by atoms with Gasteiger partial charge in [-0.1, -0.05) is 35.5 Å². The Balaban J connectivity index is 1.21. The molecule has 1 aromatic carbocycles. The number of hydrogen-bond donors (Lipinski definition) is 0. The van der Waals surface area contributed by atoms with Crippen molar-refractivity contribution in [1.82, 2.24) is 25.2 Å². The summed E-state index contributed by atoms with van der Waals surface area (Å²) in [6.45, 7) is 2.52. The Morgan fingerprint density at radius 2 is 1.61 bits per heavy atom. The third kappa shape index (κ3) is 4.00. The number of amides is 1. The lowest BCUT2D eigenvalue weighted by atomic mass is 10.1. The smallest absolute Gasteiger partial charge is 0.276 e. The molecule has 8 nitrogen and oxygen atoms in total. The quantitative estimate of drug-likeness (QED) is 0.509. The number of carbonyl (C=O) groups excluding carboxylic acids is 1. The number of aromatic nitrogens is 4. The predicted octanol–water partition coefficient (Wildman–Crippen LogP) is 3.16.